The minimum atomic E-state index is 0.824. The minimum Gasteiger partial charge on any atom is -0.330 e. The molecule has 2 unspecified atom stereocenters. The number of hydrogen-bond donors (Lipinski definition) is 2. The van der Waals surface area contributed by atoms with Crippen LogP contribution < -0.4 is 11.1 Å². The molecule has 0 aromatic carbocycles. The smallest absolute Gasteiger partial charge is 0.00992 e. The molecule has 3 N–H and O–H groups in total. The first kappa shape index (κ1) is 12.4. The summed E-state index contributed by atoms with van der Waals surface area (Å²) in [4.78, 5) is 0. The number of rotatable bonds is 6. The monoisotopic (exact) mass is 224 g/mol. The van der Waals surface area contributed by atoms with Gasteiger partial charge in [0.1, 0.15) is 0 Å². The van der Waals surface area contributed by atoms with E-state index in [1.54, 1.807) is 0 Å². The van der Waals surface area contributed by atoms with Gasteiger partial charge in [-0.1, -0.05) is 13.3 Å². The van der Waals surface area contributed by atoms with E-state index in [1.807, 2.05) is 0 Å². The Morgan fingerprint density at radius 2 is 1.81 bits per heavy atom. The van der Waals surface area contributed by atoms with Crippen molar-refractivity contribution in [2.24, 2.45) is 23.5 Å². The molecule has 0 aliphatic heterocycles. The lowest BCUT2D eigenvalue weighted by atomic mass is 9.82. The Balaban J connectivity index is 1.55. The van der Waals surface area contributed by atoms with Gasteiger partial charge in [-0.25, -0.2) is 0 Å². The second-order valence-electron chi connectivity index (χ2n) is 5.92. The maximum absolute atomic E-state index is 5.72. The first-order valence-electron chi connectivity index (χ1n) is 7.27. The lowest BCUT2D eigenvalue weighted by Crippen LogP contribution is -2.30. The quantitative estimate of drug-likeness (QED) is 0.727. The minimum absolute atomic E-state index is 0.824. The fraction of sp³-hybridized carbons (Fsp3) is 1.00. The van der Waals surface area contributed by atoms with Crippen LogP contribution in [0.15, 0.2) is 0 Å². The van der Waals surface area contributed by atoms with Crippen molar-refractivity contribution >= 4 is 0 Å². The fourth-order valence-electron chi connectivity index (χ4n) is 3.18. The zero-order chi connectivity index (χ0) is 11.4. The molecule has 2 fully saturated rings. The van der Waals surface area contributed by atoms with Crippen molar-refractivity contribution in [2.45, 2.75) is 57.9 Å². The summed E-state index contributed by atoms with van der Waals surface area (Å²) in [5, 5.41) is 3.76. The van der Waals surface area contributed by atoms with Crippen LogP contribution in [0.3, 0.4) is 0 Å². The predicted octanol–water partition coefficient (Wildman–Crippen LogP) is 2.53. The molecule has 94 valence electrons. The van der Waals surface area contributed by atoms with E-state index in [2.05, 4.69) is 12.2 Å². The van der Waals surface area contributed by atoms with E-state index in [-0.39, 0.29) is 0 Å². The lowest BCUT2D eigenvalue weighted by molar-refractivity contribution is 0.271. The van der Waals surface area contributed by atoms with Gasteiger partial charge in [-0.05, 0) is 69.4 Å². The topological polar surface area (TPSA) is 38.0 Å². The Morgan fingerprint density at radius 3 is 2.44 bits per heavy atom. The van der Waals surface area contributed by atoms with Crippen LogP contribution in [-0.4, -0.2) is 19.1 Å². The van der Waals surface area contributed by atoms with Gasteiger partial charge in [0.05, 0.1) is 0 Å². The highest BCUT2D eigenvalue weighted by Gasteiger charge is 2.35. The van der Waals surface area contributed by atoms with Gasteiger partial charge in [0.2, 0.25) is 0 Å². The van der Waals surface area contributed by atoms with Gasteiger partial charge in [-0.2, -0.15) is 0 Å². The first-order chi connectivity index (χ1) is 7.83. The van der Waals surface area contributed by atoms with Gasteiger partial charge in [0.15, 0.2) is 0 Å². The molecule has 0 heterocycles. The summed E-state index contributed by atoms with van der Waals surface area (Å²) in [6.45, 7) is 4.47. The summed E-state index contributed by atoms with van der Waals surface area (Å²) in [6.07, 6.45) is 9.76. The molecule has 2 rings (SSSR count). The number of hydrogen-bond acceptors (Lipinski definition) is 2. The van der Waals surface area contributed by atoms with Crippen molar-refractivity contribution in [1.29, 1.82) is 0 Å². The van der Waals surface area contributed by atoms with Gasteiger partial charge < -0.3 is 11.1 Å². The Labute approximate surface area is 100 Å². The van der Waals surface area contributed by atoms with Crippen molar-refractivity contribution in [3.05, 3.63) is 0 Å². The first-order valence-corrected chi connectivity index (χ1v) is 7.27. The highest BCUT2D eigenvalue weighted by atomic mass is 15.0. The zero-order valence-corrected chi connectivity index (χ0v) is 10.8. The zero-order valence-electron chi connectivity index (χ0n) is 10.8. The summed E-state index contributed by atoms with van der Waals surface area (Å²) in [5.74, 6) is 2.76. The van der Waals surface area contributed by atoms with E-state index < -0.39 is 0 Å². The molecular formula is C14H28N2. The van der Waals surface area contributed by atoms with Gasteiger partial charge in [0.25, 0.3) is 0 Å². The molecule has 2 saturated carbocycles. The van der Waals surface area contributed by atoms with Crippen LogP contribution >= 0.6 is 0 Å². The molecule has 0 radical (unpaired) electrons. The molecule has 16 heavy (non-hydrogen) atoms. The summed E-state index contributed by atoms with van der Waals surface area (Å²) in [6, 6.07) is 0.868. The average Bonchev–Trinajstić information content (AvgIpc) is 3.06. The van der Waals surface area contributed by atoms with Gasteiger partial charge >= 0.3 is 0 Å². The van der Waals surface area contributed by atoms with Crippen LogP contribution in [0.5, 0.6) is 0 Å². The Bertz CT molecular complexity index is 197. The molecule has 0 spiro atoms. The van der Waals surface area contributed by atoms with Crippen molar-refractivity contribution in [2.75, 3.05) is 13.1 Å². The third-order valence-corrected chi connectivity index (χ3v) is 4.55. The predicted molar refractivity (Wildman–Crippen MR) is 69.3 cm³/mol. The van der Waals surface area contributed by atoms with Crippen LogP contribution in [0.25, 0.3) is 0 Å². The van der Waals surface area contributed by atoms with Crippen LogP contribution in [0.1, 0.15) is 51.9 Å². The standard InChI is InChI=1S/C14H28N2/c1-2-3-13-8-14(13)16-10-12-6-4-11(9-15)5-7-12/h11-14,16H,2-10,15H2,1H3. The van der Waals surface area contributed by atoms with Crippen molar-refractivity contribution in [3.8, 4) is 0 Å². The normalized spacial score (nSPS) is 38.6. The van der Waals surface area contributed by atoms with Crippen LogP contribution in [0, 0.1) is 17.8 Å². The largest absolute Gasteiger partial charge is 0.330 e. The highest BCUT2D eigenvalue weighted by molar-refractivity contribution is 4.93. The Hall–Kier alpha value is -0.0800. The van der Waals surface area contributed by atoms with E-state index >= 15 is 0 Å². The van der Waals surface area contributed by atoms with Gasteiger partial charge in [-0.3, -0.25) is 0 Å². The Kier molecular flexibility index (Phi) is 4.66. The molecule has 2 atom stereocenters. The third kappa shape index (κ3) is 3.46. The summed E-state index contributed by atoms with van der Waals surface area (Å²) in [5.41, 5.74) is 5.72. The van der Waals surface area contributed by atoms with Crippen molar-refractivity contribution < 1.29 is 0 Å². The molecule has 0 saturated heterocycles. The molecular weight excluding hydrogens is 196 g/mol. The Morgan fingerprint density at radius 1 is 1.12 bits per heavy atom. The van der Waals surface area contributed by atoms with Crippen LogP contribution in [0.4, 0.5) is 0 Å². The molecule has 2 heteroatoms. The number of nitrogens with two attached hydrogens (primary N) is 1. The van der Waals surface area contributed by atoms with Crippen molar-refractivity contribution in [3.63, 3.8) is 0 Å². The molecule has 2 aliphatic rings. The second-order valence-corrected chi connectivity index (χ2v) is 5.92. The van der Waals surface area contributed by atoms with Crippen LogP contribution in [0.2, 0.25) is 0 Å². The molecule has 0 bridgehead atoms. The van der Waals surface area contributed by atoms with E-state index in [0.29, 0.717) is 0 Å². The molecule has 0 aromatic heterocycles. The number of nitrogens with one attached hydrogen (secondary N) is 1. The maximum atomic E-state index is 5.72. The SMILES string of the molecule is CCCC1CC1NCC1CCC(CN)CC1. The van der Waals surface area contributed by atoms with Crippen molar-refractivity contribution in [1.82, 2.24) is 5.32 Å². The third-order valence-electron chi connectivity index (χ3n) is 4.55. The summed E-state index contributed by atoms with van der Waals surface area (Å²) < 4.78 is 0. The molecule has 0 aromatic rings. The van der Waals surface area contributed by atoms with E-state index in [9.17, 15) is 0 Å². The van der Waals surface area contributed by atoms with E-state index in [1.165, 1.54) is 51.5 Å². The maximum Gasteiger partial charge on any atom is 0.00992 e. The average molecular weight is 224 g/mol. The molecule has 2 nitrogen and oxygen atoms in total. The van der Waals surface area contributed by atoms with Crippen LogP contribution in [-0.2, 0) is 0 Å². The summed E-state index contributed by atoms with van der Waals surface area (Å²) >= 11 is 0. The van der Waals surface area contributed by atoms with Gasteiger partial charge in [-0.15, -0.1) is 0 Å². The highest BCUT2D eigenvalue weighted by Crippen LogP contribution is 2.35. The molecule has 0 amide bonds. The van der Waals surface area contributed by atoms with E-state index in [4.69, 9.17) is 5.73 Å². The fourth-order valence-corrected chi connectivity index (χ4v) is 3.18. The molecule has 2 aliphatic carbocycles. The summed E-state index contributed by atoms with van der Waals surface area (Å²) in [7, 11) is 0. The van der Waals surface area contributed by atoms with E-state index in [0.717, 1.165) is 30.3 Å². The van der Waals surface area contributed by atoms with Gasteiger partial charge in [0, 0.05) is 6.04 Å². The lowest BCUT2D eigenvalue weighted by Gasteiger charge is -2.27. The second kappa shape index (κ2) is 6.02.